The Morgan fingerprint density at radius 3 is 2.26 bits per heavy atom. The molecule has 0 atom stereocenters. The Kier molecular flexibility index (Phi) is 5.85. The highest BCUT2D eigenvalue weighted by Crippen LogP contribution is 2.37. The van der Waals surface area contributed by atoms with Gasteiger partial charge in [-0.05, 0) is 48.2 Å². The smallest absolute Gasteiger partial charge is 0.294 e. The topological polar surface area (TPSA) is 58.6 Å². The van der Waals surface area contributed by atoms with Gasteiger partial charge in [0.05, 0.1) is 5.69 Å². The monoisotopic (exact) mass is 412 g/mol. The Hall–Kier alpha value is -3.86. The van der Waals surface area contributed by atoms with Crippen LogP contribution in [0.3, 0.4) is 0 Å². The third-order valence-electron chi connectivity index (χ3n) is 5.44. The van der Waals surface area contributed by atoms with Crippen molar-refractivity contribution < 1.29 is 14.3 Å². The third kappa shape index (κ3) is 4.21. The number of anilines is 1. The van der Waals surface area contributed by atoms with Gasteiger partial charge < -0.3 is 15.0 Å². The quantitative estimate of drug-likeness (QED) is 0.630. The van der Waals surface area contributed by atoms with Crippen molar-refractivity contribution in [1.29, 1.82) is 0 Å². The lowest BCUT2D eigenvalue weighted by Crippen LogP contribution is -2.34. The molecule has 0 fully saturated rings. The Morgan fingerprint density at radius 1 is 0.903 bits per heavy atom. The van der Waals surface area contributed by atoms with Crippen molar-refractivity contribution >= 4 is 23.1 Å². The molecule has 0 radical (unpaired) electrons. The Balaban J connectivity index is 1.76. The SMILES string of the molecule is CNC(=O)c1ccc(/C(CCc2ccccc2)=C2\Oc3ccccc3N(C)C2=O)cc1. The van der Waals surface area contributed by atoms with E-state index in [-0.39, 0.29) is 11.8 Å². The van der Waals surface area contributed by atoms with Crippen LogP contribution < -0.4 is 15.0 Å². The normalized spacial score (nSPS) is 14.5. The first kappa shape index (κ1) is 20.4. The molecule has 0 aromatic heterocycles. The standard InChI is InChI=1S/C26H24N2O3/c1-27-25(29)20-15-13-19(14-16-20)21(17-12-18-8-4-3-5-9-18)24-26(30)28(2)22-10-6-7-11-23(22)31-24/h3-11,13-16H,12,17H2,1-2H3,(H,27,29)/b24-21-. The summed E-state index contributed by atoms with van der Waals surface area (Å²) in [7, 11) is 3.36. The van der Waals surface area contributed by atoms with Crippen LogP contribution in [0.5, 0.6) is 5.75 Å². The molecule has 3 aromatic carbocycles. The maximum absolute atomic E-state index is 13.2. The zero-order chi connectivity index (χ0) is 21.8. The molecule has 5 heteroatoms. The zero-order valence-electron chi connectivity index (χ0n) is 17.6. The summed E-state index contributed by atoms with van der Waals surface area (Å²) >= 11 is 0. The van der Waals surface area contributed by atoms with Gasteiger partial charge >= 0.3 is 0 Å². The maximum atomic E-state index is 13.2. The van der Waals surface area contributed by atoms with Crippen LogP contribution in [-0.4, -0.2) is 25.9 Å². The highest BCUT2D eigenvalue weighted by atomic mass is 16.5. The summed E-state index contributed by atoms with van der Waals surface area (Å²) < 4.78 is 6.13. The minimum absolute atomic E-state index is 0.149. The molecule has 1 aliphatic heterocycles. The number of carbonyl (C=O) groups excluding carboxylic acids is 2. The number of benzene rings is 3. The zero-order valence-corrected chi connectivity index (χ0v) is 17.6. The minimum atomic E-state index is -0.183. The van der Waals surface area contributed by atoms with Crippen molar-refractivity contribution in [3.05, 3.63) is 101 Å². The van der Waals surface area contributed by atoms with Crippen LogP contribution >= 0.6 is 0 Å². The Morgan fingerprint density at radius 2 is 1.55 bits per heavy atom. The second-order valence-electron chi connectivity index (χ2n) is 7.38. The Labute approximate surface area is 182 Å². The number of ether oxygens (including phenoxy) is 1. The van der Waals surface area contributed by atoms with Crippen LogP contribution in [0, 0.1) is 0 Å². The van der Waals surface area contributed by atoms with Crippen LogP contribution in [-0.2, 0) is 11.2 Å². The van der Waals surface area contributed by atoms with E-state index in [1.165, 1.54) is 5.56 Å². The highest BCUT2D eigenvalue weighted by Gasteiger charge is 2.30. The van der Waals surface area contributed by atoms with E-state index in [4.69, 9.17) is 4.74 Å². The molecule has 3 aromatic rings. The second-order valence-corrected chi connectivity index (χ2v) is 7.38. The van der Waals surface area contributed by atoms with E-state index in [9.17, 15) is 9.59 Å². The lowest BCUT2D eigenvalue weighted by molar-refractivity contribution is -0.117. The van der Waals surface area contributed by atoms with Gasteiger partial charge in [-0.3, -0.25) is 9.59 Å². The number of hydrogen-bond acceptors (Lipinski definition) is 3. The fourth-order valence-electron chi connectivity index (χ4n) is 3.70. The average Bonchev–Trinajstić information content (AvgIpc) is 2.82. The molecule has 1 heterocycles. The first-order valence-corrected chi connectivity index (χ1v) is 10.2. The summed E-state index contributed by atoms with van der Waals surface area (Å²) in [6, 6.07) is 24.9. The molecule has 1 aliphatic rings. The fourth-order valence-corrected chi connectivity index (χ4v) is 3.70. The van der Waals surface area contributed by atoms with Gasteiger partial charge in [0.2, 0.25) is 0 Å². The van der Waals surface area contributed by atoms with Crippen molar-refractivity contribution in [1.82, 2.24) is 5.32 Å². The van der Waals surface area contributed by atoms with E-state index in [0.29, 0.717) is 23.5 Å². The van der Waals surface area contributed by atoms with E-state index < -0.39 is 0 Å². The van der Waals surface area contributed by atoms with Gasteiger partial charge in [0, 0.05) is 25.2 Å². The number of fused-ring (bicyclic) bond motifs is 1. The summed E-state index contributed by atoms with van der Waals surface area (Å²) in [5, 5.41) is 2.63. The number of hydrogen-bond donors (Lipinski definition) is 1. The van der Waals surface area contributed by atoms with Gasteiger partial charge in [0.25, 0.3) is 11.8 Å². The van der Waals surface area contributed by atoms with Crippen LogP contribution in [0.25, 0.3) is 5.57 Å². The van der Waals surface area contributed by atoms with Crippen molar-refractivity contribution in [2.45, 2.75) is 12.8 Å². The Bertz CT molecular complexity index is 1130. The lowest BCUT2D eigenvalue weighted by atomic mass is 9.95. The molecule has 0 aliphatic carbocycles. The number of likely N-dealkylation sites (N-methyl/N-ethyl adjacent to an activating group) is 1. The minimum Gasteiger partial charge on any atom is -0.449 e. The van der Waals surface area contributed by atoms with Gasteiger partial charge in [0.15, 0.2) is 11.5 Å². The maximum Gasteiger partial charge on any atom is 0.294 e. The first-order valence-electron chi connectivity index (χ1n) is 10.2. The van der Waals surface area contributed by atoms with Gasteiger partial charge in [-0.15, -0.1) is 0 Å². The van der Waals surface area contributed by atoms with Crippen molar-refractivity contribution in [2.75, 3.05) is 19.0 Å². The largest absolute Gasteiger partial charge is 0.449 e. The first-order chi connectivity index (χ1) is 15.1. The highest BCUT2D eigenvalue weighted by molar-refractivity contribution is 6.11. The van der Waals surface area contributed by atoms with E-state index in [1.54, 1.807) is 31.1 Å². The number of allylic oxidation sites excluding steroid dienone is 1. The molecular weight excluding hydrogens is 388 g/mol. The average molecular weight is 412 g/mol. The molecule has 0 saturated heterocycles. The van der Waals surface area contributed by atoms with E-state index >= 15 is 0 Å². The summed E-state index contributed by atoms with van der Waals surface area (Å²) in [5.41, 5.74) is 4.17. The molecule has 0 saturated carbocycles. The van der Waals surface area contributed by atoms with Crippen molar-refractivity contribution in [3.63, 3.8) is 0 Å². The van der Waals surface area contributed by atoms with Gasteiger partial charge in [0.1, 0.15) is 0 Å². The van der Waals surface area contributed by atoms with Crippen LogP contribution in [0.2, 0.25) is 0 Å². The summed E-state index contributed by atoms with van der Waals surface area (Å²) in [4.78, 5) is 26.8. The number of amides is 2. The fraction of sp³-hybridized carbons (Fsp3) is 0.154. The van der Waals surface area contributed by atoms with Gasteiger partial charge in [-0.25, -0.2) is 0 Å². The molecule has 0 spiro atoms. The molecule has 31 heavy (non-hydrogen) atoms. The van der Waals surface area contributed by atoms with Crippen LogP contribution in [0.4, 0.5) is 5.69 Å². The molecule has 2 amide bonds. The second kappa shape index (κ2) is 8.88. The summed E-state index contributed by atoms with van der Waals surface area (Å²) in [5.74, 6) is 0.643. The molecule has 0 unspecified atom stereocenters. The van der Waals surface area contributed by atoms with E-state index in [0.717, 1.165) is 23.2 Å². The van der Waals surface area contributed by atoms with Crippen LogP contribution in [0.1, 0.15) is 27.9 Å². The van der Waals surface area contributed by atoms with Crippen molar-refractivity contribution in [2.24, 2.45) is 0 Å². The predicted molar refractivity (Wildman–Crippen MR) is 122 cm³/mol. The molecule has 156 valence electrons. The number of aryl methyl sites for hydroxylation is 1. The van der Waals surface area contributed by atoms with E-state index in [1.807, 2.05) is 54.6 Å². The number of carbonyl (C=O) groups is 2. The molecule has 4 rings (SSSR count). The van der Waals surface area contributed by atoms with E-state index in [2.05, 4.69) is 17.4 Å². The molecule has 1 N–H and O–H groups in total. The molecule has 5 nitrogen and oxygen atoms in total. The third-order valence-corrected chi connectivity index (χ3v) is 5.44. The van der Waals surface area contributed by atoms with Crippen molar-refractivity contribution in [3.8, 4) is 5.75 Å². The summed E-state index contributed by atoms with van der Waals surface area (Å²) in [6.07, 6.45) is 1.39. The van der Waals surface area contributed by atoms with Crippen LogP contribution in [0.15, 0.2) is 84.6 Å². The summed E-state index contributed by atoms with van der Waals surface area (Å²) in [6.45, 7) is 0. The van der Waals surface area contributed by atoms with Gasteiger partial charge in [-0.1, -0.05) is 54.6 Å². The lowest BCUT2D eigenvalue weighted by Gasteiger charge is -2.29. The predicted octanol–water partition coefficient (Wildman–Crippen LogP) is 4.45. The molecular formula is C26H24N2O3. The molecule has 0 bridgehead atoms. The van der Waals surface area contributed by atoms with Gasteiger partial charge in [-0.2, -0.15) is 0 Å². The number of nitrogens with zero attached hydrogens (tertiary/aromatic N) is 1. The number of rotatable bonds is 5. The number of para-hydroxylation sites is 2. The number of nitrogens with one attached hydrogen (secondary N) is 1.